The molecule has 1 amide bonds. The van der Waals surface area contributed by atoms with Crippen LogP contribution in [0.3, 0.4) is 0 Å². The van der Waals surface area contributed by atoms with Crippen LogP contribution in [-0.4, -0.2) is 40.2 Å². The highest BCUT2D eigenvalue weighted by molar-refractivity contribution is 5.80. The SMILES string of the molecule is Cn1cc([C@H]2CNC[C@@H]2C(=O)NCCc2ccc([N+](=O)[O-])cc2)cn1. The minimum absolute atomic E-state index is 0.0285. The summed E-state index contributed by atoms with van der Waals surface area (Å²) in [5, 5.41) is 21.1. The summed E-state index contributed by atoms with van der Waals surface area (Å²) >= 11 is 0. The Balaban J connectivity index is 1.52. The Morgan fingerprint density at radius 3 is 2.80 bits per heavy atom. The monoisotopic (exact) mass is 343 g/mol. The van der Waals surface area contributed by atoms with Gasteiger partial charge >= 0.3 is 0 Å². The molecule has 0 aliphatic carbocycles. The standard InChI is InChI=1S/C17H21N5O3/c1-21-11-13(8-20-21)15-9-18-10-16(15)17(23)19-7-6-12-2-4-14(5-3-12)22(24)25/h2-5,8,11,15-16,18H,6-7,9-10H2,1H3,(H,19,23)/t15-,16+/m1/s1. The molecule has 132 valence electrons. The van der Waals surface area contributed by atoms with Gasteiger partial charge in [-0.3, -0.25) is 19.6 Å². The molecule has 1 fully saturated rings. The number of non-ortho nitro benzene ring substituents is 1. The number of nitrogens with one attached hydrogen (secondary N) is 2. The Morgan fingerprint density at radius 1 is 1.40 bits per heavy atom. The molecule has 2 heterocycles. The van der Waals surface area contributed by atoms with Gasteiger partial charge in [0.05, 0.1) is 17.0 Å². The fraction of sp³-hybridized carbons (Fsp3) is 0.412. The average molecular weight is 343 g/mol. The van der Waals surface area contributed by atoms with Crippen molar-refractivity contribution < 1.29 is 9.72 Å². The summed E-state index contributed by atoms with van der Waals surface area (Å²) in [6.07, 6.45) is 4.41. The number of nitrogens with zero attached hydrogens (tertiary/aromatic N) is 3. The quantitative estimate of drug-likeness (QED) is 0.601. The first kappa shape index (κ1) is 17.1. The lowest BCUT2D eigenvalue weighted by molar-refractivity contribution is -0.384. The van der Waals surface area contributed by atoms with Gasteiger partial charge in [-0.1, -0.05) is 12.1 Å². The minimum atomic E-state index is -0.419. The van der Waals surface area contributed by atoms with Crippen molar-refractivity contribution in [3.63, 3.8) is 0 Å². The normalized spacial score (nSPS) is 19.7. The number of amides is 1. The average Bonchev–Trinajstić information content (AvgIpc) is 3.23. The first-order chi connectivity index (χ1) is 12.0. The molecule has 25 heavy (non-hydrogen) atoms. The molecule has 0 saturated carbocycles. The molecular formula is C17H21N5O3. The molecule has 2 N–H and O–H groups in total. The number of hydrogen-bond donors (Lipinski definition) is 2. The van der Waals surface area contributed by atoms with Gasteiger partial charge in [0.15, 0.2) is 0 Å². The topological polar surface area (TPSA) is 102 Å². The van der Waals surface area contributed by atoms with E-state index >= 15 is 0 Å². The molecule has 2 aromatic rings. The van der Waals surface area contributed by atoms with Crippen molar-refractivity contribution in [2.45, 2.75) is 12.3 Å². The van der Waals surface area contributed by atoms with Gasteiger partial charge in [-0.15, -0.1) is 0 Å². The largest absolute Gasteiger partial charge is 0.355 e. The van der Waals surface area contributed by atoms with Crippen molar-refractivity contribution in [3.8, 4) is 0 Å². The Kier molecular flexibility index (Phi) is 5.08. The summed E-state index contributed by atoms with van der Waals surface area (Å²) in [5.41, 5.74) is 2.10. The van der Waals surface area contributed by atoms with E-state index in [0.717, 1.165) is 17.7 Å². The van der Waals surface area contributed by atoms with E-state index in [1.165, 1.54) is 12.1 Å². The minimum Gasteiger partial charge on any atom is -0.355 e. The van der Waals surface area contributed by atoms with Gasteiger partial charge in [0.1, 0.15) is 0 Å². The zero-order valence-electron chi connectivity index (χ0n) is 14.0. The molecule has 0 unspecified atom stereocenters. The van der Waals surface area contributed by atoms with E-state index in [1.54, 1.807) is 16.8 Å². The second-order valence-corrected chi connectivity index (χ2v) is 6.28. The van der Waals surface area contributed by atoms with Crippen molar-refractivity contribution in [2.24, 2.45) is 13.0 Å². The number of carbonyl (C=O) groups is 1. The second-order valence-electron chi connectivity index (χ2n) is 6.28. The summed E-state index contributed by atoms with van der Waals surface area (Å²) < 4.78 is 1.75. The van der Waals surface area contributed by atoms with Gasteiger partial charge in [-0.25, -0.2) is 0 Å². The highest BCUT2D eigenvalue weighted by atomic mass is 16.6. The summed E-state index contributed by atoms with van der Waals surface area (Å²) in [4.78, 5) is 22.7. The highest BCUT2D eigenvalue weighted by Gasteiger charge is 2.34. The van der Waals surface area contributed by atoms with Crippen LogP contribution < -0.4 is 10.6 Å². The second kappa shape index (κ2) is 7.43. The molecule has 1 aromatic carbocycles. The predicted molar refractivity (Wildman–Crippen MR) is 92.1 cm³/mol. The lowest BCUT2D eigenvalue weighted by Gasteiger charge is -2.17. The molecular weight excluding hydrogens is 322 g/mol. The van der Waals surface area contributed by atoms with Crippen molar-refractivity contribution in [1.29, 1.82) is 0 Å². The third-order valence-corrected chi connectivity index (χ3v) is 4.56. The van der Waals surface area contributed by atoms with Crippen LogP contribution in [0, 0.1) is 16.0 Å². The predicted octanol–water partition coefficient (Wildman–Crippen LogP) is 0.990. The summed E-state index contributed by atoms with van der Waals surface area (Å²) in [6, 6.07) is 6.41. The Morgan fingerprint density at radius 2 is 2.16 bits per heavy atom. The smallest absolute Gasteiger partial charge is 0.269 e. The summed E-state index contributed by atoms with van der Waals surface area (Å²) in [7, 11) is 1.87. The Bertz CT molecular complexity index is 756. The molecule has 1 aliphatic rings. The molecule has 2 atom stereocenters. The molecule has 0 bridgehead atoms. The number of rotatable bonds is 6. The van der Waals surface area contributed by atoms with Crippen LogP contribution in [0.25, 0.3) is 0 Å². The molecule has 0 radical (unpaired) electrons. The molecule has 1 aliphatic heterocycles. The Hall–Kier alpha value is -2.74. The number of hydrogen-bond acceptors (Lipinski definition) is 5. The van der Waals surface area contributed by atoms with Gasteiger partial charge in [0.2, 0.25) is 5.91 Å². The third kappa shape index (κ3) is 4.03. The van der Waals surface area contributed by atoms with Crippen LogP contribution in [0.4, 0.5) is 5.69 Å². The molecule has 8 nitrogen and oxygen atoms in total. The molecule has 8 heteroatoms. The first-order valence-electron chi connectivity index (χ1n) is 8.25. The Labute approximate surface area is 145 Å². The van der Waals surface area contributed by atoms with Crippen LogP contribution in [0.1, 0.15) is 17.0 Å². The zero-order chi connectivity index (χ0) is 17.8. The first-order valence-corrected chi connectivity index (χ1v) is 8.25. The lowest BCUT2D eigenvalue weighted by atomic mass is 9.90. The number of nitro benzene ring substituents is 1. The van der Waals surface area contributed by atoms with Crippen molar-refractivity contribution in [2.75, 3.05) is 19.6 Å². The molecule has 1 aromatic heterocycles. The van der Waals surface area contributed by atoms with Crippen LogP contribution >= 0.6 is 0 Å². The van der Waals surface area contributed by atoms with Crippen molar-refractivity contribution in [1.82, 2.24) is 20.4 Å². The molecule has 3 rings (SSSR count). The van der Waals surface area contributed by atoms with Gasteiger partial charge < -0.3 is 10.6 Å². The maximum absolute atomic E-state index is 12.5. The van der Waals surface area contributed by atoms with Crippen LogP contribution in [-0.2, 0) is 18.3 Å². The van der Waals surface area contributed by atoms with E-state index in [4.69, 9.17) is 0 Å². The van der Waals surface area contributed by atoms with Crippen LogP contribution in [0.5, 0.6) is 0 Å². The van der Waals surface area contributed by atoms with Crippen molar-refractivity contribution >= 4 is 11.6 Å². The van der Waals surface area contributed by atoms with Crippen LogP contribution in [0.2, 0.25) is 0 Å². The molecule has 0 spiro atoms. The number of aryl methyl sites for hydroxylation is 1. The van der Waals surface area contributed by atoms with E-state index in [9.17, 15) is 14.9 Å². The maximum atomic E-state index is 12.5. The van der Waals surface area contributed by atoms with Crippen molar-refractivity contribution in [3.05, 3.63) is 57.9 Å². The number of aromatic nitrogens is 2. The number of benzene rings is 1. The fourth-order valence-electron chi connectivity index (χ4n) is 3.18. The van der Waals surface area contributed by atoms with Gasteiger partial charge in [0, 0.05) is 50.9 Å². The molecule has 1 saturated heterocycles. The van der Waals surface area contributed by atoms with Gasteiger partial charge in [-0.2, -0.15) is 5.10 Å². The number of carbonyl (C=O) groups excluding carboxylic acids is 1. The van der Waals surface area contributed by atoms with E-state index in [-0.39, 0.29) is 23.4 Å². The van der Waals surface area contributed by atoms with Gasteiger partial charge in [0.25, 0.3) is 5.69 Å². The van der Waals surface area contributed by atoms with E-state index in [0.29, 0.717) is 19.5 Å². The number of nitro groups is 1. The summed E-state index contributed by atoms with van der Waals surface area (Å²) in [5.74, 6) is 0.0508. The maximum Gasteiger partial charge on any atom is 0.269 e. The fourth-order valence-corrected chi connectivity index (χ4v) is 3.18. The van der Waals surface area contributed by atoms with Crippen LogP contribution in [0.15, 0.2) is 36.7 Å². The van der Waals surface area contributed by atoms with E-state index in [1.807, 2.05) is 19.4 Å². The summed E-state index contributed by atoms with van der Waals surface area (Å²) in [6.45, 7) is 1.93. The lowest BCUT2D eigenvalue weighted by Crippen LogP contribution is -2.35. The van der Waals surface area contributed by atoms with E-state index in [2.05, 4.69) is 15.7 Å². The van der Waals surface area contributed by atoms with Gasteiger partial charge in [-0.05, 0) is 17.5 Å². The third-order valence-electron chi connectivity index (χ3n) is 4.56. The zero-order valence-corrected chi connectivity index (χ0v) is 14.0. The van der Waals surface area contributed by atoms with E-state index < -0.39 is 4.92 Å². The highest BCUT2D eigenvalue weighted by Crippen LogP contribution is 2.27.